The summed E-state index contributed by atoms with van der Waals surface area (Å²) in [4.78, 5) is 41.7. The van der Waals surface area contributed by atoms with E-state index in [1.807, 2.05) is 0 Å². The highest BCUT2D eigenvalue weighted by Crippen LogP contribution is 2.28. The standard InChI is InChI=1S/C23H22F3N3O4/c24-16-3-1-2-14(10-16)6-8-27-13-20-28(23(32)33)9-7-21(30)29(20)19(22(27)31)12-15-4-5-17(25)18(26)11-15/h1-5,10-11,19-20H,6-9,12-13H2,(H,32,33)/t19-,20+/m0/s1. The molecule has 0 saturated carbocycles. The molecule has 2 heterocycles. The van der Waals surface area contributed by atoms with Crippen molar-refractivity contribution in [3.8, 4) is 0 Å². The van der Waals surface area contributed by atoms with Crippen LogP contribution in [0.15, 0.2) is 42.5 Å². The van der Waals surface area contributed by atoms with Crippen LogP contribution in [0.3, 0.4) is 0 Å². The summed E-state index contributed by atoms with van der Waals surface area (Å²) in [5.74, 6) is -3.31. The molecule has 2 aromatic carbocycles. The molecular weight excluding hydrogens is 439 g/mol. The van der Waals surface area contributed by atoms with E-state index in [-0.39, 0.29) is 38.4 Å². The number of carbonyl (C=O) groups excluding carboxylic acids is 2. The van der Waals surface area contributed by atoms with Crippen molar-refractivity contribution in [3.63, 3.8) is 0 Å². The number of hydrogen-bond donors (Lipinski definition) is 1. The fourth-order valence-corrected chi connectivity index (χ4v) is 4.45. The number of nitrogens with zero attached hydrogens (tertiary/aromatic N) is 3. The van der Waals surface area contributed by atoms with E-state index in [1.54, 1.807) is 12.1 Å². The number of halogens is 3. The van der Waals surface area contributed by atoms with Gasteiger partial charge in [-0.25, -0.2) is 18.0 Å². The highest BCUT2D eigenvalue weighted by molar-refractivity contribution is 5.90. The Morgan fingerprint density at radius 3 is 2.52 bits per heavy atom. The largest absolute Gasteiger partial charge is 0.465 e. The quantitative estimate of drug-likeness (QED) is 0.743. The molecule has 4 rings (SSSR count). The van der Waals surface area contributed by atoms with Gasteiger partial charge in [0.05, 0.1) is 6.54 Å². The second-order valence-electron chi connectivity index (χ2n) is 8.14. The number of rotatable bonds is 5. The average molecular weight is 461 g/mol. The summed E-state index contributed by atoms with van der Waals surface area (Å²) in [5, 5.41) is 9.65. The number of amides is 3. The van der Waals surface area contributed by atoms with Crippen molar-refractivity contribution in [1.82, 2.24) is 14.7 Å². The lowest BCUT2D eigenvalue weighted by atomic mass is 9.97. The second kappa shape index (κ2) is 9.13. The first-order valence-electron chi connectivity index (χ1n) is 10.5. The van der Waals surface area contributed by atoms with Gasteiger partial charge < -0.3 is 14.9 Å². The fraction of sp³-hybridized carbons (Fsp3) is 0.348. The van der Waals surface area contributed by atoms with Gasteiger partial charge in [-0.3, -0.25) is 14.5 Å². The molecule has 0 aliphatic carbocycles. The van der Waals surface area contributed by atoms with Crippen molar-refractivity contribution in [1.29, 1.82) is 0 Å². The van der Waals surface area contributed by atoms with Crippen molar-refractivity contribution in [2.75, 3.05) is 19.6 Å². The molecule has 0 radical (unpaired) electrons. The lowest BCUT2D eigenvalue weighted by Gasteiger charge is -2.51. The van der Waals surface area contributed by atoms with Gasteiger partial charge in [0.1, 0.15) is 18.0 Å². The van der Waals surface area contributed by atoms with Crippen molar-refractivity contribution < 1.29 is 32.7 Å². The van der Waals surface area contributed by atoms with Crippen LogP contribution in [0.1, 0.15) is 17.5 Å². The zero-order valence-corrected chi connectivity index (χ0v) is 17.6. The number of hydrogen-bond acceptors (Lipinski definition) is 3. The normalized spacial score (nSPS) is 20.8. The van der Waals surface area contributed by atoms with Crippen molar-refractivity contribution in [3.05, 3.63) is 71.0 Å². The first kappa shape index (κ1) is 22.6. The predicted octanol–water partition coefficient (Wildman–Crippen LogP) is 2.64. The third-order valence-electron chi connectivity index (χ3n) is 6.07. The van der Waals surface area contributed by atoms with E-state index in [9.17, 15) is 32.7 Å². The predicted molar refractivity (Wildman–Crippen MR) is 111 cm³/mol. The van der Waals surface area contributed by atoms with E-state index >= 15 is 0 Å². The van der Waals surface area contributed by atoms with Crippen LogP contribution < -0.4 is 0 Å². The van der Waals surface area contributed by atoms with Crippen LogP contribution in [0.2, 0.25) is 0 Å². The smallest absolute Gasteiger partial charge is 0.409 e. The molecule has 0 unspecified atom stereocenters. The topological polar surface area (TPSA) is 81.2 Å². The molecule has 1 N–H and O–H groups in total. The maximum Gasteiger partial charge on any atom is 0.409 e. The van der Waals surface area contributed by atoms with Gasteiger partial charge in [0.15, 0.2) is 11.6 Å². The van der Waals surface area contributed by atoms with Gasteiger partial charge in [-0.15, -0.1) is 0 Å². The maximum atomic E-state index is 13.8. The summed E-state index contributed by atoms with van der Waals surface area (Å²) in [6, 6.07) is 8.10. The van der Waals surface area contributed by atoms with Crippen LogP contribution in [0.5, 0.6) is 0 Å². The zero-order chi connectivity index (χ0) is 23.7. The summed E-state index contributed by atoms with van der Waals surface area (Å²) in [6.45, 7) is 0.155. The molecule has 2 aliphatic heterocycles. The Balaban J connectivity index is 1.63. The Kier molecular flexibility index (Phi) is 6.26. The van der Waals surface area contributed by atoms with Gasteiger partial charge in [0, 0.05) is 25.9 Å². The Morgan fingerprint density at radius 1 is 1.03 bits per heavy atom. The van der Waals surface area contributed by atoms with Gasteiger partial charge in [0.2, 0.25) is 11.8 Å². The van der Waals surface area contributed by atoms with Crippen LogP contribution in [0.4, 0.5) is 18.0 Å². The van der Waals surface area contributed by atoms with Gasteiger partial charge in [-0.1, -0.05) is 18.2 Å². The van der Waals surface area contributed by atoms with Crippen LogP contribution >= 0.6 is 0 Å². The molecule has 2 atom stereocenters. The van der Waals surface area contributed by atoms with E-state index in [0.29, 0.717) is 17.5 Å². The number of benzene rings is 2. The molecule has 2 aliphatic rings. The summed E-state index contributed by atoms with van der Waals surface area (Å²) in [5.41, 5.74) is 0.968. The average Bonchev–Trinajstić information content (AvgIpc) is 2.77. The van der Waals surface area contributed by atoms with Crippen LogP contribution in [0.25, 0.3) is 0 Å². The van der Waals surface area contributed by atoms with Crippen molar-refractivity contribution in [2.45, 2.75) is 31.5 Å². The first-order valence-corrected chi connectivity index (χ1v) is 10.5. The van der Waals surface area contributed by atoms with Crippen molar-refractivity contribution in [2.24, 2.45) is 0 Å². The zero-order valence-electron chi connectivity index (χ0n) is 17.6. The molecule has 0 spiro atoms. The molecule has 174 valence electrons. The molecule has 3 amide bonds. The third kappa shape index (κ3) is 4.64. The molecule has 2 saturated heterocycles. The summed E-state index contributed by atoms with van der Waals surface area (Å²) in [6.07, 6.45) is -1.96. The van der Waals surface area contributed by atoms with Crippen LogP contribution in [-0.2, 0) is 22.4 Å². The SMILES string of the molecule is O=C1[C@H](Cc2ccc(F)c(F)c2)N2C(=O)CCN(C(=O)O)[C@H]2CN1CCc1cccc(F)c1. The third-order valence-corrected chi connectivity index (χ3v) is 6.07. The lowest BCUT2D eigenvalue weighted by molar-refractivity contribution is -0.167. The molecule has 10 heteroatoms. The molecule has 2 aromatic rings. The minimum Gasteiger partial charge on any atom is -0.465 e. The van der Waals surface area contributed by atoms with Crippen molar-refractivity contribution >= 4 is 17.9 Å². The van der Waals surface area contributed by atoms with E-state index in [1.165, 1.54) is 28.0 Å². The maximum absolute atomic E-state index is 13.8. The first-order chi connectivity index (χ1) is 15.7. The van der Waals surface area contributed by atoms with Gasteiger partial charge in [0.25, 0.3) is 0 Å². The Hall–Kier alpha value is -3.56. The van der Waals surface area contributed by atoms with Crippen LogP contribution in [-0.4, -0.2) is 69.6 Å². The second-order valence-corrected chi connectivity index (χ2v) is 8.14. The minimum absolute atomic E-state index is 0.000837. The molecule has 0 aromatic heterocycles. The summed E-state index contributed by atoms with van der Waals surface area (Å²) in [7, 11) is 0. The van der Waals surface area contributed by atoms with E-state index in [2.05, 4.69) is 0 Å². The summed E-state index contributed by atoms with van der Waals surface area (Å²) >= 11 is 0. The lowest BCUT2D eigenvalue weighted by Crippen LogP contribution is -2.71. The van der Waals surface area contributed by atoms with Gasteiger partial charge in [-0.05, 0) is 41.8 Å². The van der Waals surface area contributed by atoms with Gasteiger partial charge in [-0.2, -0.15) is 0 Å². The number of fused-ring (bicyclic) bond motifs is 1. The van der Waals surface area contributed by atoms with Gasteiger partial charge >= 0.3 is 6.09 Å². The number of carbonyl (C=O) groups is 3. The molecule has 7 nitrogen and oxygen atoms in total. The van der Waals surface area contributed by atoms with E-state index in [4.69, 9.17) is 0 Å². The summed E-state index contributed by atoms with van der Waals surface area (Å²) < 4.78 is 40.6. The Labute approximate surface area is 188 Å². The minimum atomic E-state index is -1.22. The number of piperazine rings is 1. The fourth-order valence-electron chi connectivity index (χ4n) is 4.45. The Morgan fingerprint density at radius 2 is 1.82 bits per heavy atom. The molecule has 2 fully saturated rings. The highest BCUT2D eigenvalue weighted by Gasteiger charge is 2.48. The highest BCUT2D eigenvalue weighted by atomic mass is 19.2. The molecular formula is C23H22F3N3O4. The van der Waals surface area contributed by atoms with Crippen LogP contribution in [0, 0.1) is 17.5 Å². The van der Waals surface area contributed by atoms with E-state index < -0.39 is 41.7 Å². The number of carboxylic acid groups (broad SMARTS) is 1. The van der Waals surface area contributed by atoms with E-state index in [0.717, 1.165) is 17.0 Å². The monoisotopic (exact) mass is 461 g/mol. The Bertz CT molecular complexity index is 1100. The molecule has 33 heavy (non-hydrogen) atoms. The molecule has 0 bridgehead atoms.